The normalized spacial score (nSPS) is 20.3. The van der Waals surface area contributed by atoms with Crippen molar-refractivity contribution in [1.82, 2.24) is 24.8 Å². The molecule has 0 aromatic carbocycles. The number of ether oxygens (including phenoxy) is 1. The molecule has 1 N–H and O–H groups in total. The molecule has 0 radical (unpaired) electrons. The lowest BCUT2D eigenvalue weighted by molar-refractivity contribution is 0.121. The van der Waals surface area contributed by atoms with E-state index < -0.39 is 0 Å². The van der Waals surface area contributed by atoms with Gasteiger partial charge in [0.1, 0.15) is 6.33 Å². The van der Waals surface area contributed by atoms with Crippen LogP contribution in [0.1, 0.15) is 17.1 Å². The summed E-state index contributed by atoms with van der Waals surface area (Å²) in [5, 5.41) is 0. The maximum atomic E-state index is 5.75. The molecule has 2 aromatic heterocycles. The van der Waals surface area contributed by atoms with E-state index in [9.17, 15) is 0 Å². The van der Waals surface area contributed by atoms with Crippen molar-refractivity contribution in [3.05, 3.63) is 42.0 Å². The van der Waals surface area contributed by atoms with Crippen LogP contribution in [0.15, 0.2) is 24.9 Å². The van der Waals surface area contributed by atoms with Gasteiger partial charge in [-0.2, -0.15) is 0 Å². The predicted octanol–water partition coefficient (Wildman–Crippen LogP) is 1.20. The fourth-order valence-corrected chi connectivity index (χ4v) is 2.75. The first-order valence-electron chi connectivity index (χ1n) is 7.34. The molecule has 1 fully saturated rings. The number of rotatable bonds is 4. The molecular weight excluding hydrogens is 266 g/mol. The number of imidazole rings is 1. The quantitative estimate of drug-likeness (QED) is 0.915. The summed E-state index contributed by atoms with van der Waals surface area (Å²) in [6.45, 7) is 6.44. The van der Waals surface area contributed by atoms with Crippen LogP contribution in [0.3, 0.4) is 0 Å². The van der Waals surface area contributed by atoms with Crippen molar-refractivity contribution in [2.75, 3.05) is 26.3 Å². The van der Waals surface area contributed by atoms with Crippen molar-refractivity contribution in [3.8, 4) is 0 Å². The lowest BCUT2D eigenvalue weighted by Crippen LogP contribution is -2.30. The maximum Gasteiger partial charge on any atom is 0.115 e. The highest BCUT2D eigenvalue weighted by Gasteiger charge is 2.20. The first-order chi connectivity index (χ1) is 10.3. The topological polar surface area (TPSA) is 66.9 Å². The Hall–Kier alpha value is -1.79. The number of hydrogen-bond donors (Lipinski definition) is 1. The summed E-state index contributed by atoms with van der Waals surface area (Å²) < 4.78 is 5.75. The molecule has 112 valence electrons. The van der Waals surface area contributed by atoms with Gasteiger partial charge >= 0.3 is 0 Å². The molecule has 6 heteroatoms. The van der Waals surface area contributed by atoms with Crippen molar-refractivity contribution in [2.45, 2.75) is 19.9 Å². The number of nitrogens with one attached hydrogen (secondary N) is 1. The summed E-state index contributed by atoms with van der Waals surface area (Å²) in [6.07, 6.45) is 6.19. The Morgan fingerprint density at radius 1 is 1.43 bits per heavy atom. The van der Waals surface area contributed by atoms with Gasteiger partial charge in [-0.05, 0) is 19.4 Å². The van der Waals surface area contributed by atoms with Crippen LogP contribution in [0.5, 0.6) is 0 Å². The first kappa shape index (κ1) is 14.2. The molecule has 2 aromatic rings. The molecule has 0 bridgehead atoms. The highest BCUT2D eigenvalue weighted by molar-refractivity contribution is 5.07. The van der Waals surface area contributed by atoms with Crippen LogP contribution in [0.4, 0.5) is 0 Å². The predicted molar refractivity (Wildman–Crippen MR) is 78.6 cm³/mol. The molecule has 0 amide bonds. The third-order valence-corrected chi connectivity index (χ3v) is 3.73. The molecule has 3 heterocycles. The van der Waals surface area contributed by atoms with E-state index in [1.807, 2.05) is 13.1 Å². The second-order valence-corrected chi connectivity index (χ2v) is 5.61. The van der Waals surface area contributed by atoms with Crippen molar-refractivity contribution in [1.29, 1.82) is 0 Å². The largest absolute Gasteiger partial charge is 0.380 e. The fraction of sp³-hybridized carbons (Fsp3) is 0.533. The van der Waals surface area contributed by atoms with E-state index in [1.54, 1.807) is 12.7 Å². The zero-order valence-corrected chi connectivity index (χ0v) is 12.3. The van der Waals surface area contributed by atoms with E-state index in [0.29, 0.717) is 5.92 Å². The minimum absolute atomic E-state index is 0.463. The summed E-state index contributed by atoms with van der Waals surface area (Å²) in [6, 6.07) is 2.06. The lowest BCUT2D eigenvalue weighted by Gasteiger charge is -2.22. The molecule has 0 spiro atoms. The van der Waals surface area contributed by atoms with Gasteiger partial charge in [-0.25, -0.2) is 15.0 Å². The van der Waals surface area contributed by atoms with Crippen LogP contribution in [0, 0.1) is 12.8 Å². The Morgan fingerprint density at radius 2 is 2.38 bits per heavy atom. The molecule has 0 unspecified atom stereocenters. The van der Waals surface area contributed by atoms with Gasteiger partial charge in [0.25, 0.3) is 0 Å². The van der Waals surface area contributed by atoms with E-state index in [2.05, 4.69) is 30.9 Å². The average molecular weight is 287 g/mol. The molecule has 1 atom stereocenters. The third-order valence-electron chi connectivity index (χ3n) is 3.73. The van der Waals surface area contributed by atoms with Gasteiger partial charge < -0.3 is 9.72 Å². The number of aromatic amines is 1. The molecule has 1 saturated heterocycles. The summed E-state index contributed by atoms with van der Waals surface area (Å²) in [5.41, 5.74) is 3.26. The highest BCUT2D eigenvalue weighted by Crippen LogP contribution is 2.14. The molecule has 6 nitrogen and oxygen atoms in total. The number of aromatic nitrogens is 4. The average Bonchev–Trinajstić information content (AvgIpc) is 2.86. The molecule has 0 saturated carbocycles. The molecular formula is C15H21N5O. The monoisotopic (exact) mass is 287 g/mol. The summed E-state index contributed by atoms with van der Waals surface area (Å²) >= 11 is 0. The van der Waals surface area contributed by atoms with Gasteiger partial charge in [-0.1, -0.05) is 0 Å². The van der Waals surface area contributed by atoms with Crippen LogP contribution in [-0.2, 0) is 17.7 Å². The number of nitrogens with zero attached hydrogens (tertiary/aromatic N) is 4. The second kappa shape index (κ2) is 6.78. The molecule has 1 aliphatic rings. The van der Waals surface area contributed by atoms with Crippen LogP contribution in [-0.4, -0.2) is 51.1 Å². The molecule has 1 aliphatic heterocycles. The van der Waals surface area contributed by atoms with E-state index in [1.165, 1.54) is 0 Å². The molecule has 3 rings (SSSR count). The molecule has 0 aliphatic carbocycles. The van der Waals surface area contributed by atoms with E-state index in [-0.39, 0.29) is 0 Å². The van der Waals surface area contributed by atoms with E-state index in [4.69, 9.17) is 4.74 Å². The van der Waals surface area contributed by atoms with Gasteiger partial charge in [0.05, 0.1) is 19.5 Å². The summed E-state index contributed by atoms with van der Waals surface area (Å²) in [5.74, 6) is 0.463. The fourth-order valence-electron chi connectivity index (χ4n) is 2.75. The Kier molecular flexibility index (Phi) is 4.57. The third kappa shape index (κ3) is 4.09. The van der Waals surface area contributed by atoms with Crippen LogP contribution in [0.2, 0.25) is 0 Å². The zero-order valence-electron chi connectivity index (χ0n) is 12.3. The minimum atomic E-state index is 0.463. The van der Waals surface area contributed by atoms with Gasteiger partial charge in [0.15, 0.2) is 0 Å². The Balaban J connectivity index is 1.62. The number of hydrogen-bond acceptors (Lipinski definition) is 5. The van der Waals surface area contributed by atoms with Gasteiger partial charge in [0.2, 0.25) is 0 Å². The minimum Gasteiger partial charge on any atom is -0.380 e. The Morgan fingerprint density at radius 3 is 3.19 bits per heavy atom. The SMILES string of the molecule is Cc1cc(C[C@@H]2COCCN(Cc3cnc[nH]3)C2)ncn1. The lowest BCUT2D eigenvalue weighted by atomic mass is 10.0. The van der Waals surface area contributed by atoms with Crippen LogP contribution < -0.4 is 0 Å². The van der Waals surface area contributed by atoms with Crippen LogP contribution in [0.25, 0.3) is 0 Å². The van der Waals surface area contributed by atoms with E-state index >= 15 is 0 Å². The summed E-state index contributed by atoms with van der Waals surface area (Å²) in [4.78, 5) is 18.2. The summed E-state index contributed by atoms with van der Waals surface area (Å²) in [7, 11) is 0. The van der Waals surface area contributed by atoms with Gasteiger partial charge in [0, 0.05) is 48.8 Å². The Labute approximate surface area is 124 Å². The number of H-pyrrole nitrogens is 1. The second-order valence-electron chi connectivity index (χ2n) is 5.61. The zero-order chi connectivity index (χ0) is 14.5. The number of aryl methyl sites for hydroxylation is 1. The van der Waals surface area contributed by atoms with Gasteiger partial charge in [-0.3, -0.25) is 4.90 Å². The van der Waals surface area contributed by atoms with Crippen molar-refractivity contribution in [2.24, 2.45) is 5.92 Å². The van der Waals surface area contributed by atoms with Gasteiger partial charge in [-0.15, -0.1) is 0 Å². The maximum absolute atomic E-state index is 5.75. The smallest absolute Gasteiger partial charge is 0.115 e. The highest BCUT2D eigenvalue weighted by atomic mass is 16.5. The van der Waals surface area contributed by atoms with E-state index in [0.717, 1.165) is 56.4 Å². The van der Waals surface area contributed by atoms with Crippen LogP contribution >= 0.6 is 0 Å². The first-order valence-corrected chi connectivity index (χ1v) is 7.34. The van der Waals surface area contributed by atoms with Crippen molar-refractivity contribution < 1.29 is 4.74 Å². The van der Waals surface area contributed by atoms with Crippen molar-refractivity contribution >= 4 is 0 Å². The molecule has 21 heavy (non-hydrogen) atoms. The Bertz CT molecular complexity index is 557. The van der Waals surface area contributed by atoms with Crippen molar-refractivity contribution in [3.63, 3.8) is 0 Å². The standard InChI is InChI=1S/C15H21N5O/c1-12-4-14(19-11-17-12)5-13-7-20(2-3-21-9-13)8-15-6-16-10-18-15/h4,6,10-11,13H,2-3,5,7-9H2,1H3,(H,16,18)/t13-/m0/s1.